The highest BCUT2D eigenvalue weighted by molar-refractivity contribution is 9.10. The summed E-state index contributed by atoms with van der Waals surface area (Å²) in [5.74, 6) is 0.871. The predicted molar refractivity (Wildman–Crippen MR) is 86.7 cm³/mol. The normalized spacial score (nSPS) is 12.7. The molecule has 1 unspecified atom stereocenters. The van der Waals surface area contributed by atoms with E-state index in [1.165, 1.54) is 11.6 Å². The van der Waals surface area contributed by atoms with Gasteiger partial charge in [0.15, 0.2) is 0 Å². The number of nitrogens with one attached hydrogen (secondary N) is 1. The minimum Gasteiger partial charge on any atom is -0.399 e. The summed E-state index contributed by atoms with van der Waals surface area (Å²) in [6.45, 7) is 2.13. The number of fused-ring (bicyclic) bond motifs is 1. The lowest BCUT2D eigenvalue weighted by Crippen LogP contribution is -2.00. The molecule has 0 fully saturated rings. The van der Waals surface area contributed by atoms with Gasteiger partial charge in [0, 0.05) is 18.2 Å². The van der Waals surface area contributed by atoms with Crippen LogP contribution in [0, 0.1) is 5.82 Å². The molecule has 5 heteroatoms. The molecule has 3 N–H and O–H groups in total. The Morgan fingerprint density at radius 3 is 2.71 bits per heavy atom. The van der Waals surface area contributed by atoms with Crippen LogP contribution in [0.1, 0.15) is 24.2 Å². The van der Waals surface area contributed by atoms with Gasteiger partial charge in [-0.25, -0.2) is 9.37 Å². The third kappa shape index (κ3) is 2.93. The summed E-state index contributed by atoms with van der Waals surface area (Å²) >= 11 is 3.18. The maximum absolute atomic E-state index is 13.5. The largest absolute Gasteiger partial charge is 0.399 e. The van der Waals surface area contributed by atoms with Gasteiger partial charge in [-0.05, 0) is 45.6 Å². The zero-order valence-corrected chi connectivity index (χ0v) is 13.1. The number of hydrogen-bond acceptors (Lipinski definition) is 2. The summed E-state index contributed by atoms with van der Waals surface area (Å²) in [4.78, 5) is 7.70. The monoisotopic (exact) mass is 347 g/mol. The van der Waals surface area contributed by atoms with Crippen molar-refractivity contribution in [3.63, 3.8) is 0 Å². The Hall–Kier alpha value is -1.88. The van der Waals surface area contributed by atoms with Crippen molar-refractivity contribution in [1.29, 1.82) is 0 Å². The van der Waals surface area contributed by atoms with Gasteiger partial charge in [-0.1, -0.05) is 19.1 Å². The van der Waals surface area contributed by atoms with Crippen molar-refractivity contribution in [1.82, 2.24) is 9.97 Å². The van der Waals surface area contributed by atoms with Gasteiger partial charge >= 0.3 is 0 Å². The Bertz CT molecular complexity index is 741. The van der Waals surface area contributed by atoms with E-state index in [1.807, 2.05) is 24.3 Å². The first-order valence-corrected chi connectivity index (χ1v) is 7.51. The molecular formula is C16H15BrFN3. The Balaban J connectivity index is 1.85. The van der Waals surface area contributed by atoms with Crippen molar-refractivity contribution in [3.8, 4) is 0 Å². The molecule has 1 heterocycles. The number of H-pyrrole nitrogens is 1. The van der Waals surface area contributed by atoms with Crippen LogP contribution in [0.2, 0.25) is 0 Å². The lowest BCUT2D eigenvalue weighted by atomic mass is 9.97. The second-order valence-corrected chi connectivity index (χ2v) is 6.09. The fraction of sp³-hybridized carbons (Fsp3) is 0.188. The van der Waals surface area contributed by atoms with E-state index < -0.39 is 0 Å². The topological polar surface area (TPSA) is 54.7 Å². The molecule has 0 spiro atoms. The smallest absolute Gasteiger partial charge is 0.139 e. The molecule has 0 radical (unpaired) electrons. The van der Waals surface area contributed by atoms with Crippen LogP contribution in [-0.4, -0.2) is 9.97 Å². The van der Waals surface area contributed by atoms with Crippen molar-refractivity contribution in [2.24, 2.45) is 0 Å². The van der Waals surface area contributed by atoms with Crippen molar-refractivity contribution < 1.29 is 4.39 Å². The number of anilines is 1. The molecule has 3 nitrogen and oxygen atoms in total. The molecule has 1 atom stereocenters. The van der Waals surface area contributed by atoms with E-state index in [2.05, 4.69) is 32.8 Å². The first kappa shape index (κ1) is 14.1. The molecule has 0 saturated heterocycles. The second-order valence-electron chi connectivity index (χ2n) is 5.24. The molecule has 0 aliphatic carbocycles. The summed E-state index contributed by atoms with van der Waals surface area (Å²) < 4.78 is 13.9. The van der Waals surface area contributed by atoms with Crippen molar-refractivity contribution in [2.45, 2.75) is 19.3 Å². The summed E-state index contributed by atoms with van der Waals surface area (Å²) in [7, 11) is 0. The number of rotatable bonds is 3. The number of hydrogen-bond donors (Lipinski definition) is 2. The zero-order valence-electron chi connectivity index (χ0n) is 11.5. The lowest BCUT2D eigenvalue weighted by Gasteiger charge is -2.10. The highest BCUT2D eigenvalue weighted by atomic mass is 79.9. The van der Waals surface area contributed by atoms with E-state index in [0.717, 1.165) is 29.0 Å². The van der Waals surface area contributed by atoms with Gasteiger partial charge in [0.05, 0.1) is 15.5 Å². The molecule has 21 heavy (non-hydrogen) atoms. The Morgan fingerprint density at radius 2 is 2.00 bits per heavy atom. The maximum Gasteiger partial charge on any atom is 0.139 e. The van der Waals surface area contributed by atoms with Gasteiger partial charge < -0.3 is 10.7 Å². The van der Waals surface area contributed by atoms with E-state index in [0.29, 0.717) is 10.4 Å². The number of halogens is 2. The number of nitrogens with zero attached hydrogens (tertiary/aromatic N) is 1. The molecule has 1 aromatic heterocycles. The molecule has 108 valence electrons. The number of nitrogen functional groups attached to an aromatic ring is 1. The Kier molecular flexibility index (Phi) is 3.68. The number of imidazole rings is 1. The molecule has 3 rings (SSSR count). The van der Waals surface area contributed by atoms with E-state index in [-0.39, 0.29) is 5.82 Å². The van der Waals surface area contributed by atoms with Crippen molar-refractivity contribution in [2.75, 3.05) is 5.73 Å². The highest BCUT2D eigenvalue weighted by Crippen LogP contribution is 2.24. The molecule has 0 aliphatic heterocycles. The fourth-order valence-corrected chi connectivity index (χ4v) is 2.72. The van der Waals surface area contributed by atoms with Gasteiger partial charge in [-0.2, -0.15) is 0 Å². The van der Waals surface area contributed by atoms with Crippen LogP contribution in [-0.2, 0) is 6.42 Å². The lowest BCUT2D eigenvalue weighted by molar-refractivity contribution is 0.623. The van der Waals surface area contributed by atoms with E-state index >= 15 is 0 Å². The highest BCUT2D eigenvalue weighted by Gasteiger charge is 2.11. The average molecular weight is 348 g/mol. The van der Waals surface area contributed by atoms with Crippen LogP contribution in [0.4, 0.5) is 10.1 Å². The summed E-state index contributed by atoms with van der Waals surface area (Å²) in [5, 5.41) is 0. The number of aromatic nitrogens is 2. The Morgan fingerprint density at radius 1 is 1.29 bits per heavy atom. The van der Waals surface area contributed by atoms with Crippen LogP contribution >= 0.6 is 15.9 Å². The fourth-order valence-electron chi connectivity index (χ4n) is 2.39. The molecule has 0 amide bonds. The first-order chi connectivity index (χ1) is 10.0. The molecular weight excluding hydrogens is 333 g/mol. The molecule has 0 saturated carbocycles. The van der Waals surface area contributed by atoms with Crippen molar-refractivity contribution >= 4 is 32.7 Å². The number of aromatic amines is 1. The summed E-state index contributed by atoms with van der Waals surface area (Å²) in [5.41, 5.74) is 9.15. The minimum absolute atomic E-state index is 0.288. The Labute approximate surface area is 130 Å². The van der Waals surface area contributed by atoms with Crippen LogP contribution in [0.5, 0.6) is 0 Å². The minimum atomic E-state index is -0.288. The van der Waals surface area contributed by atoms with Crippen LogP contribution in [0.15, 0.2) is 40.9 Å². The quantitative estimate of drug-likeness (QED) is 0.690. The van der Waals surface area contributed by atoms with E-state index in [1.54, 1.807) is 6.07 Å². The van der Waals surface area contributed by atoms with E-state index in [9.17, 15) is 4.39 Å². The zero-order chi connectivity index (χ0) is 15.0. The van der Waals surface area contributed by atoms with E-state index in [4.69, 9.17) is 5.73 Å². The standard InChI is InChI=1S/C16H15BrFN3/c1-9(10-2-4-11(19)5-3-10)6-16-20-14-7-12(17)13(18)8-15(14)21-16/h2-5,7-9H,6,19H2,1H3,(H,20,21). The predicted octanol–water partition coefficient (Wildman–Crippen LogP) is 4.39. The summed E-state index contributed by atoms with van der Waals surface area (Å²) in [6.07, 6.45) is 0.762. The van der Waals surface area contributed by atoms with Gasteiger partial charge in [-0.15, -0.1) is 0 Å². The van der Waals surface area contributed by atoms with Gasteiger partial charge in [-0.3, -0.25) is 0 Å². The number of benzene rings is 2. The first-order valence-electron chi connectivity index (χ1n) is 6.72. The van der Waals surface area contributed by atoms with Gasteiger partial charge in [0.1, 0.15) is 11.6 Å². The van der Waals surface area contributed by atoms with Gasteiger partial charge in [0.2, 0.25) is 0 Å². The summed E-state index contributed by atoms with van der Waals surface area (Å²) in [6, 6.07) is 11.0. The average Bonchev–Trinajstić information content (AvgIpc) is 2.81. The number of nitrogens with two attached hydrogens (primary N) is 1. The molecule has 0 aliphatic rings. The third-order valence-electron chi connectivity index (χ3n) is 3.58. The molecule has 2 aromatic carbocycles. The second kappa shape index (κ2) is 5.48. The SMILES string of the molecule is CC(Cc1nc2cc(Br)c(F)cc2[nH]1)c1ccc(N)cc1. The van der Waals surface area contributed by atoms with Crippen LogP contribution in [0.25, 0.3) is 11.0 Å². The van der Waals surface area contributed by atoms with Crippen molar-refractivity contribution in [3.05, 3.63) is 58.1 Å². The van der Waals surface area contributed by atoms with Crippen LogP contribution < -0.4 is 5.73 Å². The maximum atomic E-state index is 13.5. The van der Waals surface area contributed by atoms with Gasteiger partial charge in [0.25, 0.3) is 0 Å². The third-order valence-corrected chi connectivity index (χ3v) is 4.19. The van der Waals surface area contributed by atoms with Crippen LogP contribution in [0.3, 0.4) is 0 Å². The molecule has 3 aromatic rings. The molecule has 0 bridgehead atoms.